The SMILES string of the molecule is CC(C)C(=O)Nc1nnc2c3cc(S(=O)(=O)N4CCOCC4)ccc3n(C)c2n1. The molecule has 1 amide bonds. The summed E-state index contributed by atoms with van der Waals surface area (Å²) in [7, 11) is -1.82. The van der Waals surface area contributed by atoms with Gasteiger partial charge in [0, 0.05) is 31.4 Å². The molecule has 29 heavy (non-hydrogen) atoms. The summed E-state index contributed by atoms with van der Waals surface area (Å²) in [6, 6.07) is 4.92. The molecule has 0 saturated carbocycles. The lowest BCUT2D eigenvalue weighted by Gasteiger charge is -2.26. The number of ether oxygens (including phenoxy) is 1. The van der Waals surface area contributed by atoms with E-state index in [1.54, 1.807) is 36.6 Å². The van der Waals surface area contributed by atoms with Crippen LogP contribution in [0.1, 0.15) is 13.8 Å². The molecule has 1 fully saturated rings. The van der Waals surface area contributed by atoms with Gasteiger partial charge in [-0.05, 0) is 18.2 Å². The molecule has 0 radical (unpaired) electrons. The molecule has 1 N–H and O–H groups in total. The van der Waals surface area contributed by atoms with Gasteiger partial charge in [0.2, 0.25) is 15.9 Å². The first-order chi connectivity index (χ1) is 13.8. The van der Waals surface area contributed by atoms with Gasteiger partial charge in [-0.1, -0.05) is 13.8 Å². The van der Waals surface area contributed by atoms with Crippen molar-refractivity contribution in [2.24, 2.45) is 13.0 Å². The second-order valence-corrected chi connectivity index (χ2v) is 9.14. The van der Waals surface area contributed by atoms with Crippen molar-refractivity contribution in [3.8, 4) is 0 Å². The van der Waals surface area contributed by atoms with E-state index >= 15 is 0 Å². The van der Waals surface area contributed by atoms with E-state index in [4.69, 9.17) is 4.74 Å². The Kier molecular flexibility index (Phi) is 4.97. The second-order valence-electron chi connectivity index (χ2n) is 7.21. The molecule has 154 valence electrons. The number of nitrogens with one attached hydrogen (secondary N) is 1. The summed E-state index contributed by atoms with van der Waals surface area (Å²) in [5.41, 5.74) is 1.76. The molecule has 2 aromatic heterocycles. The van der Waals surface area contributed by atoms with E-state index in [0.717, 1.165) is 5.52 Å². The highest BCUT2D eigenvalue weighted by molar-refractivity contribution is 7.89. The third-order valence-electron chi connectivity index (χ3n) is 4.94. The largest absolute Gasteiger partial charge is 0.379 e. The van der Waals surface area contributed by atoms with E-state index in [9.17, 15) is 13.2 Å². The van der Waals surface area contributed by atoms with Crippen LogP contribution in [0.25, 0.3) is 22.1 Å². The summed E-state index contributed by atoms with van der Waals surface area (Å²) in [5, 5.41) is 11.5. The van der Waals surface area contributed by atoms with Crippen molar-refractivity contribution < 1.29 is 17.9 Å². The Labute approximate surface area is 167 Å². The minimum atomic E-state index is -3.63. The molecule has 0 spiro atoms. The number of benzene rings is 1. The van der Waals surface area contributed by atoms with Crippen molar-refractivity contribution in [2.75, 3.05) is 31.6 Å². The molecular weight excluding hydrogens is 396 g/mol. The van der Waals surface area contributed by atoms with Crippen molar-refractivity contribution in [3.05, 3.63) is 18.2 Å². The van der Waals surface area contributed by atoms with Crippen LogP contribution in [-0.2, 0) is 26.6 Å². The van der Waals surface area contributed by atoms with Gasteiger partial charge < -0.3 is 9.30 Å². The number of nitrogens with zero attached hydrogens (tertiary/aromatic N) is 5. The first-order valence-electron chi connectivity index (χ1n) is 9.30. The maximum atomic E-state index is 13.0. The van der Waals surface area contributed by atoms with Gasteiger partial charge in [-0.3, -0.25) is 10.1 Å². The third-order valence-corrected chi connectivity index (χ3v) is 6.83. The highest BCUT2D eigenvalue weighted by Crippen LogP contribution is 2.29. The zero-order valence-corrected chi connectivity index (χ0v) is 17.2. The number of carbonyl (C=O) groups is 1. The maximum Gasteiger partial charge on any atom is 0.251 e. The van der Waals surface area contributed by atoms with Crippen LogP contribution in [0.2, 0.25) is 0 Å². The summed E-state index contributed by atoms with van der Waals surface area (Å²) in [4.78, 5) is 16.5. The normalized spacial score (nSPS) is 16.0. The lowest BCUT2D eigenvalue weighted by atomic mass is 10.2. The van der Waals surface area contributed by atoms with Gasteiger partial charge in [0.15, 0.2) is 5.65 Å². The number of amides is 1. The molecule has 1 aliphatic rings. The quantitative estimate of drug-likeness (QED) is 0.674. The Morgan fingerprint density at radius 1 is 1.21 bits per heavy atom. The first-order valence-corrected chi connectivity index (χ1v) is 10.7. The van der Waals surface area contributed by atoms with Crippen molar-refractivity contribution >= 4 is 43.9 Å². The molecule has 0 unspecified atom stereocenters. The average Bonchev–Trinajstić information content (AvgIpc) is 3.00. The molecular formula is C18H22N6O4S. The van der Waals surface area contributed by atoms with E-state index in [2.05, 4.69) is 20.5 Å². The fourth-order valence-electron chi connectivity index (χ4n) is 3.24. The van der Waals surface area contributed by atoms with Crippen molar-refractivity contribution in [2.45, 2.75) is 18.7 Å². The molecule has 1 aliphatic heterocycles. The van der Waals surface area contributed by atoms with Gasteiger partial charge in [0.25, 0.3) is 5.95 Å². The number of carbonyl (C=O) groups excluding carboxylic acids is 1. The molecule has 11 heteroatoms. The molecule has 0 bridgehead atoms. The summed E-state index contributed by atoms with van der Waals surface area (Å²) in [5.74, 6) is -0.304. The zero-order valence-electron chi connectivity index (χ0n) is 16.4. The minimum Gasteiger partial charge on any atom is -0.379 e. The minimum absolute atomic E-state index is 0.114. The number of aromatic nitrogens is 4. The number of anilines is 1. The van der Waals surface area contributed by atoms with Crippen LogP contribution >= 0.6 is 0 Å². The van der Waals surface area contributed by atoms with Gasteiger partial charge in [0.1, 0.15) is 5.52 Å². The van der Waals surface area contributed by atoms with E-state index in [1.807, 2.05) is 7.05 Å². The monoisotopic (exact) mass is 418 g/mol. The Hall–Kier alpha value is -2.63. The van der Waals surface area contributed by atoms with Crippen molar-refractivity contribution in [1.82, 2.24) is 24.1 Å². The number of aryl methyl sites for hydroxylation is 1. The van der Waals surface area contributed by atoms with Gasteiger partial charge in [-0.25, -0.2) is 8.42 Å². The topological polar surface area (TPSA) is 119 Å². The van der Waals surface area contributed by atoms with Gasteiger partial charge in [0.05, 0.1) is 23.6 Å². The maximum absolute atomic E-state index is 13.0. The molecule has 4 rings (SSSR count). The number of hydrogen-bond donors (Lipinski definition) is 1. The summed E-state index contributed by atoms with van der Waals surface area (Å²) < 4.78 is 34.4. The summed E-state index contributed by atoms with van der Waals surface area (Å²) >= 11 is 0. The zero-order chi connectivity index (χ0) is 20.8. The molecule has 1 aromatic carbocycles. The molecule has 3 aromatic rings. The van der Waals surface area contributed by atoms with E-state index < -0.39 is 10.0 Å². The molecule has 3 heterocycles. The van der Waals surface area contributed by atoms with Crippen molar-refractivity contribution in [1.29, 1.82) is 0 Å². The fraction of sp³-hybridized carbons (Fsp3) is 0.444. The Morgan fingerprint density at radius 3 is 2.62 bits per heavy atom. The lowest BCUT2D eigenvalue weighted by molar-refractivity contribution is -0.118. The Bertz CT molecular complexity index is 1200. The van der Waals surface area contributed by atoms with Gasteiger partial charge >= 0.3 is 0 Å². The smallest absolute Gasteiger partial charge is 0.251 e. The van der Waals surface area contributed by atoms with Crippen LogP contribution in [0.15, 0.2) is 23.1 Å². The van der Waals surface area contributed by atoms with Crippen LogP contribution in [0.5, 0.6) is 0 Å². The predicted molar refractivity (Wildman–Crippen MR) is 107 cm³/mol. The number of sulfonamides is 1. The standard InChI is InChI=1S/C18H22N6O4S/c1-11(2)17(25)20-18-19-16-15(21-22-18)13-10-12(4-5-14(13)23(16)3)29(26,27)24-6-8-28-9-7-24/h4-5,10-11H,6-9H2,1-3H3,(H,19,20,22,25). The number of morpholine rings is 1. The molecule has 10 nitrogen and oxygen atoms in total. The fourth-order valence-corrected chi connectivity index (χ4v) is 4.68. The van der Waals surface area contributed by atoms with E-state index in [0.29, 0.717) is 42.9 Å². The Balaban J connectivity index is 1.78. The number of rotatable bonds is 4. The van der Waals surface area contributed by atoms with Crippen LogP contribution in [0, 0.1) is 5.92 Å². The van der Waals surface area contributed by atoms with Crippen LogP contribution < -0.4 is 5.32 Å². The Morgan fingerprint density at radius 2 is 1.93 bits per heavy atom. The summed E-state index contributed by atoms with van der Waals surface area (Å²) in [6.45, 7) is 4.97. The predicted octanol–water partition coefficient (Wildman–Crippen LogP) is 1.13. The lowest BCUT2D eigenvalue weighted by Crippen LogP contribution is -2.40. The summed E-state index contributed by atoms with van der Waals surface area (Å²) in [6.07, 6.45) is 0. The third kappa shape index (κ3) is 3.45. The molecule has 0 aliphatic carbocycles. The average molecular weight is 418 g/mol. The van der Waals surface area contributed by atoms with Crippen LogP contribution in [0.4, 0.5) is 5.95 Å². The highest BCUT2D eigenvalue weighted by atomic mass is 32.2. The number of hydrogen-bond acceptors (Lipinski definition) is 7. The van der Waals surface area contributed by atoms with Crippen LogP contribution in [-0.4, -0.2) is 64.7 Å². The van der Waals surface area contributed by atoms with Gasteiger partial charge in [-0.2, -0.15) is 9.29 Å². The highest BCUT2D eigenvalue weighted by Gasteiger charge is 2.27. The van der Waals surface area contributed by atoms with Crippen molar-refractivity contribution in [3.63, 3.8) is 0 Å². The van der Waals surface area contributed by atoms with E-state index in [-0.39, 0.29) is 22.7 Å². The molecule has 1 saturated heterocycles. The van der Waals surface area contributed by atoms with Gasteiger partial charge in [-0.15, -0.1) is 10.2 Å². The van der Waals surface area contributed by atoms with E-state index in [1.165, 1.54) is 4.31 Å². The molecule has 0 atom stereocenters. The number of fused-ring (bicyclic) bond motifs is 3. The second kappa shape index (κ2) is 7.32. The first kappa shape index (κ1) is 19.7. The van der Waals surface area contributed by atoms with Crippen LogP contribution in [0.3, 0.4) is 0 Å².